The lowest BCUT2D eigenvalue weighted by molar-refractivity contribution is 0.380. The van der Waals surface area contributed by atoms with Gasteiger partial charge < -0.3 is 10.3 Å². The second-order valence-corrected chi connectivity index (χ2v) is 2.70. The van der Waals surface area contributed by atoms with Gasteiger partial charge in [0.2, 0.25) is 6.39 Å². The van der Waals surface area contributed by atoms with E-state index in [1.807, 2.05) is 0 Å². The summed E-state index contributed by atoms with van der Waals surface area (Å²) in [5, 5.41) is 3.67. The van der Waals surface area contributed by atoms with Gasteiger partial charge in [-0.3, -0.25) is 0 Å². The predicted octanol–water partition coefficient (Wildman–Crippen LogP) is 1.12. The van der Waals surface area contributed by atoms with Crippen LogP contribution in [0, 0.1) is 5.92 Å². The number of nitrogens with zero attached hydrogens (tertiary/aromatic N) is 2. The third kappa shape index (κ3) is 1.77. The number of hydrogen-bond donors (Lipinski definition) is 1. The van der Waals surface area contributed by atoms with Crippen molar-refractivity contribution in [3.8, 4) is 0 Å². The Morgan fingerprint density at radius 1 is 1.73 bits per heavy atom. The van der Waals surface area contributed by atoms with Crippen molar-refractivity contribution in [1.82, 2.24) is 10.1 Å². The van der Waals surface area contributed by atoms with E-state index in [0.717, 1.165) is 6.42 Å². The maximum Gasteiger partial charge on any atom is 0.213 e. The van der Waals surface area contributed by atoms with Crippen LogP contribution in [0.2, 0.25) is 0 Å². The molecule has 0 amide bonds. The monoisotopic (exact) mass is 155 g/mol. The summed E-state index contributed by atoms with van der Waals surface area (Å²) in [6.45, 7) is 4.16. The molecule has 0 aliphatic heterocycles. The van der Waals surface area contributed by atoms with Gasteiger partial charge >= 0.3 is 0 Å². The molecule has 11 heavy (non-hydrogen) atoms. The summed E-state index contributed by atoms with van der Waals surface area (Å²) in [6, 6.07) is -0.0984. The van der Waals surface area contributed by atoms with E-state index in [1.165, 1.54) is 6.39 Å². The summed E-state index contributed by atoms with van der Waals surface area (Å²) in [4.78, 5) is 3.88. The topological polar surface area (TPSA) is 64.9 Å². The fourth-order valence-corrected chi connectivity index (χ4v) is 0.834. The van der Waals surface area contributed by atoms with E-state index in [1.54, 1.807) is 0 Å². The van der Waals surface area contributed by atoms with Gasteiger partial charge in [-0.15, -0.1) is 0 Å². The zero-order valence-electron chi connectivity index (χ0n) is 6.82. The third-order valence-electron chi connectivity index (χ3n) is 1.93. The van der Waals surface area contributed by atoms with Crippen LogP contribution in [0.15, 0.2) is 10.9 Å². The molecular formula is C7H13N3O. The molecule has 4 heteroatoms. The molecule has 2 atom stereocenters. The Morgan fingerprint density at radius 3 is 2.91 bits per heavy atom. The van der Waals surface area contributed by atoms with Gasteiger partial charge in [0.1, 0.15) is 0 Å². The molecule has 0 aromatic carbocycles. The van der Waals surface area contributed by atoms with E-state index in [2.05, 4.69) is 28.5 Å². The molecular weight excluding hydrogens is 142 g/mol. The van der Waals surface area contributed by atoms with E-state index in [-0.39, 0.29) is 6.04 Å². The van der Waals surface area contributed by atoms with E-state index in [4.69, 9.17) is 5.73 Å². The Labute approximate surface area is 65.8 Å². The Kier molecular flexibility index (Phi) is 2.59. The zero-order chi connectivity index (χ0) is 8.27. The zero-order valence-corrected chi connectivity index (χ0v) is 6.82. The molecule has 0 saturated heterocycles. The van der Waals surface area contributed by atoms with Crippen molar-refractivity contribution in [2.75, 3.05) is 0 Å². The lowest BCUT2D eigenvalue weighted by atomic mass is 10.00. The summed E-state index contributed by atoms with van der Waals surface area (Å²) >= 11 is 0. The Morgan fingerprint density at radius 2 is 2.45 bits per heavy atom. The van der Waals surface area contributed by atoms with Crippen LogP contribution in [0.3, 0.4) is 0 Å². The van der Waals surface area contributed by atoms with Gasteiger partial charge in [0, 0.05) is 0 Å². The third-order valence-corrected chi connectivity index (χ3v) is 1.93. The van der Waals surface area contributed by atoms with Crippen molar-refractivity contribution in [1.29, 1.82) is 0 Å². The lowest BCUT2D eigenvalue weighted by Gasteiger charge is -2.13. The Hall–Kier alpha value is -0.900. The highest BCUT2D eigenvalue weighted by Gasteiger charge is 2.16. The molecule has 2 unspecified atom stereocenters. The van der Waals surface area contributed by atoms with Gasteiger partial charge in [0.15, 0.2) is 5.82 Å². The molecule has 0 aliphatic carbocycles. The first-order chi connectivity index (χ1) is 5.25. The van der Waals surface area contributed by atoms with Crippen LogP contribution in [0.1, 0.15) is 32.1 Å². The Balaban J connectivity index is 2.62. The van der Waals surface area contributed by atoms with Crippen LogP contribution in [-0.2, 0) is 0 Å². The summed E-state index contributed by atoms with van der Waals surface area (Å²) in [7, 11) is 0. The molecule has 0 spiro atoms. The average molecular weight is 155 g/mol. The van der Waals surface area contributed by atoms with Crippen LogP contribution in [0.4, 0.5) is 0 Å². The molecule has 1 aromatic heterocycles. The average Bonchev–Trinajstić information content (AvgIpc) is 2.53. The summed E-state index contributed by atoms with van der Waals surface area (Å²) in [6.07, 6.45) is 2.33. The fourth-order valence-electron chi connectivity index (χ4n) is 0.834. The highest BCUT2D eigenvalue weighted by atomic mass is 16.5. The normalized spacial score (nSPS) is 16.3. The highest BCUT2D eigenvalue weighted by molar-refractivity contribution is 4.90. The number of rotatable bonds is 3. The second kappa shape index (κ2) is 3.48. The van der Waals surface area contributed by atoms with Crippen LogP contribution >= 0.6 is 0 Å². The molecule has 0 saturated carbocycles. The minimum atomic E-state index is -0.0984. The maximum atomic E-state index is 5.81. The quantitative estimate of drug-likeness (QED) is 0.710. The standard InChI is InChI=1S/C7H13N3O/c1-3-5(2)6(8)7-9-4-11-10-7/h4-6H,3,8H2,1-2H3. The molecule has 0 fully saturated rings. The summed E-state index contributed by atoms with van der Waals surface area (Å²) < 4.78 is 4.59. The smallest absolute Gasteiger partial charge is 0.213 e. The minimum absolute atomic E-state index is 0.0984. The number of aromatic nitrogens is 2. The van der Waals surface area contributed by atoms with Crippen LogP contribution in [-0.4, -0.2) is 10.1 Å². The fraction of sp³-hybridized carbons (Fsp3) is 0.714. The molecule has 0 bridgehead atoms. The van der Waals surface area contributed by atoms with Gasteiger partial charge in [0.25, 0.3) is 0 Å². The first-order valence-electron chi connectivity index (χ1n) is 3.77. The largest absolute Gasteiger partial charge is 0.343 e. The van der Waals surface area contributed by atoms with E-state index in [9.17, 15) is 0 Å². The van der Waals surface area contributed by atoms with Crippen molar-refractivity contribution < 1.29 is 4.52 Å². The minimum Gasteiger partial charge on any atom is -0.343 e. The molecule has 1 aromatic rings. The van der Waals surface area contributed by atoms with E-state index >= 15 is 0 Å². The van der Waals surface area contributed by atoms with Crippen molar-refractivity contribution in [3.05, 3.63) is 12.2 Å². The van der Waals surface area contributed by atoms with Gasteiger partial charge in [-0.25, -0.2) is 0 Å². The van der Waals surface area contributed by atoms with Gasteiger partial charge in [-0.1, -0.05) is 25.4 Å². The van der Waals surface area contributed by atoms with Gasteiger partial charge in [-0.2, -0.15) is 4.98 Å². The summed E-state index contributed by atoms with van der Waals surface area (Å²) in [5.41, 5.74) is 5.81. The predicted molar refractivity (Wildman–Crippen MR) is 40.7 cm³/mol. The van der Waals surface area contributed by atoms with Crippen molar-refractivity contribution in [2.45, 2.75) is 26.3 Å². The molecule has 4 nitrogen and oxygen atoms in total. The van der Waals surface area contributed by atoms with Gasteiger partial charge in [0.05, 0.1) is 6.04 Å². The molecule has 1 rings (SSSR count). The van der Waals surface area contributed by atoms with Crippen LogP contribution in [0.5, 0.6) is 0 Å². The maximum absolute atomic E-state index is 5.81. The van der Waals surface area contributed by atoms with Crippen LogP contribution < -0.4 is 5.73 Å². The van der Waals surface area contributed by atoms with E-state index < -0.39 is 0 Å². The summed E-state index contributed by atoms with van der Waals surface area (Å²) in [5.74, 6) is 0.993. The van der Waals surface area contributed by atoms with Crippen molar-refractivity contribution in [3.63, 3.8) is 0 Å². The van der Waals surface area contributed by atoms with Crippen molar-refractivity contribution in [2.24, 2.45) is 11.7 Å². The first kappa shape index (κ1) is 8.20. The van der Waals surface area contributed by atoms with E-state index in [0.29, 0.717) is 11.7 Å². The lowest BCUT2D eigenvalue weighted by Crippen LogP contribution is -2.19. The second-order valence-electron chi connectivity index (χ2n) is 2.70. The van der Waals surface area contributed by atoms with Crippen molar-refractivity contribution >= 4 is 0 Å². The molecule has 2 N–H and O–H groups in total. The Bertz CT molecular complexity index is 197. The molecule has 62 valence electrons. The highest BCUT2D eigenvalue weighted by Crippen LogP contribution is 2.17. The molecule has 1 heterocycles. The number of nitrogens with two attached hydrogens (primary N) is 1. The van der Waals surface area contributed by atoms with Gasteiger partial charge in [-0.05, 0) is 5.92 Å². The number of hydrogen-bond acceptors (Lipinski definition) is 4. The molecule has 0 aliphatic rings. The molecule has 0 radical (unpaired) electrons. The SMILES string of the molecule is CCC(C)C(N)c1ncon1. The first-order valence-corrected chi connectivity index (χ1v) is 3.77. The van der Waals surface area contributed by atoms with Crippen LogP contribution in [0.25, 0.3) is 0 Å².